The SMILES string of the molecule is CCN(C)C(=O)c1ccc(-c2ccc(N3CCCC(OC(=O)N4C5CCC4CC(O)C5)C3)c(F)c2)cn1. The monoisotopic (exact) mass is 510 g/mol. The van der Waals surface area contributed by atoms with E-state index in [-0.39, 0.29) is 42.1 Å². The van der Waals surface area contributed by atoms with Gasteiger partial charge in [0.25, 0.3) is 5.91 Å². The van der Waals surface area contributed by atoms with Gasteiger partial charge in [-0.2, -0.15) is 0 Å². The van der Waals surface area contributed by atoms with Gasteiger partial charge in [-0.05, 0) is 69.2 Å². The van der Waals surface area contributed by atoms with Crippen LogP contribution in [-0.2, 0) is 4.74 Å². The number of rotatable bonds is 5. The molecule has 1 aromatic heterocycles. The highest BCUT2D eigenvalue weighted by atomic mass is 19.1. The summed E-state index contributed by atoms with van der Waals surface area (Å²) in [7, 11) is 1.72. The minimum Gasteiger partial charge on any atom is -0.444 e. The topological polar surface area (TPSA) is 86.2 Å². The van der Waals surface area contributed by atoms with Crippen molar-refractivity contribution >= 4 is 17.7 Å². The molecule has 0 saturated carbocycles. The van der Waals surface area contributed by atoms with Crippen molar-refractivity contribution in [1.82, 2.24) is 14.8 Å². The molecule has 3 atom stereocenters. The maximum absolute atomic E-state index is 15.2. The molecule has 3 aliphatic rings. The largest absolute Gasteiger partial charge is 0.444 e. The van der Waals surface area contributed by atoms with Crippen LogP contribution in [0.25, 0.3) is 11.1 Å². The number of halogens is 1. The molecule has 2 bridgehead atoms. The van der Waals surface area contributed by atoms with Crippen molar-refractivity contribution in [2.75, 3.05) is 31.6 Å². The van der Waals surface area contributed by atoms with Gasteiger partial charge in [-0.15, -0.1) is 0 Å². The third-order valence-electron chi connectivity index (χ3n) is 7.99. The van der Waals surface area contributed by atoms with E-state index in [2.05, 4.69) is 4.98 Å². The summed E-state index contributed by atoms with van der Waals surface area (Å²) in [6, 6.07) is 8.64. The number of anilines is 1. The average molecular weight is 511 g/mol. The van der Waals surface area contributed by atoms with Crippen LogP contribution in [0.4, 0.5) is 14.9 Å². The maximum atomic E-state index is 15.2. The highest BCUT2D eigenvalue weighted by molar-refractivity contribution is 5.92. The summed E-state index contributed by atoms with van der Waals surface area (Å²) in [6.07, 6.45) is 5.25. The first-order valence-corrected chi connectivity index (χ1v) is 13.3. The number of nitrogens with zero attached hydrogens (tertiary/aromatic N) is 4. The molecule has 0 radical (unpaired) electrons. The molecular formula is C28H35FN4O4. The van der Waals surface area contributed by atoms with Gasteiger partial charge in [0.15, 0.2) is 0 Å². The molecule has 198 valence electrons. The zero-order valence-corrected chi connectivity index (χ0v) is 21.5. The number of fused-ring (bicyclic) bond motifs is 2. The number of carbonyl (C=O) groups is 2. The molecule has 3 unspecified atom stereocenters. The van der Waals surface area contributed by atoms with Crippen LogP contribution in [-0.4, -0.2) is 82.9 Å². The third-order valence-corrected chi connectivity index (χ3v) is 7.99. The van der Waals surface area contributed by atoms with E-state index in [1.807, 2.05) is 22.8 Å². The molecule has 2 amide bonds. The van der Waals surface area contributed by atoms with Gasteiger partial charge in [0.2, 0.25) is 0 Å². The van der Waals surface area contributed by atoms with E-state index in [9.17, 15) is 14.7 Å². The second kappa shape index (κ2) is 10.7. The van der Waals surface area contributed by atoms with Crippen LogP contribution in [0.15, 0.2) is 36.5 Å². The zero-order valence-electron chi connectivity index (χ0n) is 21.5. The summed E-state index contributed by atoms with van der Waals surface area (Å²) in [6.45, 7) is 3.62. The van der Waals surface area contributed by atoms with Crippen molar-refractivity contribution < 1.29 is 23.8 Å². The minimum absolute atomic E-state index is 0.0557. The predicted octanol–water partition coefficient (Wildman–Crippen LogP) is 4.07. The third kappa shape index (κ3) is 5.28. The quantitative estimate of drug-likeness (QED) is 0.653. The Balaban J connectivity index is 1.23. The fraction of sp³-hybridized carbons (Fsp3) is 0.536. The maximum Gasteiger partial charge on any atom is 0.410 e. The number of amides is 2. The molecule has 3 fully saturated rings. The van der Waals surface area contributed by atoms with E-state index >= 15 is 4.39 Å². The second-order valence-electron chi connectivity index (χ2n) is 10.4. The Hall–Kier alpha value is -3.20. The van der Waals surface area contributed by atoms with E-state index in [4.69, 9.17) is 4.74 Å². The lowest BCUT2D eigenvalue weighted by Crippen LogP contribution is -2.50. The molecule has 2 aromatic rings. The molecular weight excluding hydrogens is 475 g/mol. The van der Waals surface area contributed by atoms with Crippen LogP contribution in [0.5, 0.6) is 0 Å². The first-order valence-electron chi connectivity index (χ1n) is 13.3. The summed E-state index contributed by atoms with van der Waals surface area (Å²) in [4.78, 5) is 34.9. The Morgan fingerprint density at radius 2 is 1.86 bits per heavy atom. The Kier molecular flexibility index (Phi) is 7.33. The van der Waals surface area contributed by atoms with Crippen molar-refractivity contribution in [2.24, 2.45) is 0 Å². The van der Waals surface area contributed by atoms with Crippen molar-refractivity contribution in [3.63, 3.8) is 0 Å². The molecule has 1 N–H and O–H groups in total. The van der Waals surface area contributed by atoms with Crippen LogP contribution in [0.1, 0.15) is 55.9 Å². The van der Waals surface area contributed by atoms with Crippen molar-refractivity contribution in [1.29, 1.82) is 0 Å². The number of pyridine rings is 1. The molecule has 8 nitrogen and oxygen atoms in total. The number of ether oxygens (including phenoxy) is 1. The van der Waals surface area contributed by atoms with Gasteiger partial charge in [-0.25, -0.2) is 9.18 Å². The average Bonchev–Trinajstić information content (AvgIpc) is 3.19. The van der Waals surface area contributed by atoms with Gasteiger partial charge in [-0.3, -0.25) is 9.78 Å². The number of hydrogen-bond acceptors (Lipinski definition) is 6. The van der Waals surface area contributed by atoms with Gasteiger partial charge in [0, 0.05) is 44.0 Å². The highest BCUT2D eigenvalue weighted by Gasteiger charge is 2.44. The normalized spacial score (nSPS) is 25.2. The van der Waals surface area contributed by atoms with E-state index in [1.54, 1.807) is 36.3 Å². The Bertz CT molecular complexity index is 1130. The number of aliphatic hydroxyl groups excluding tert-OH is 1. The van der Waals surface area contributed by atoms with Gasteiger partial charge in [-0.1, -0.05) is 12.1 Å². The summed E-state index contributed by atoms with van der Waals surface area (Å²) in [5, 5.41) is 10.0. The van der Waals surface area contributed by atoms with Gasteiger partial charge in [0.05, 0.1) is 18.3 Å². The highest BCUT2D eigenvalue weighted by Crippen LogP contribution is 2.37. The van der Waals surface area contributed by atoms with Crippen molar-refractivity contribution in [3.05, 3.63) is 48.0 Å². The second-order valence-corrected chi connectivity index (χ2v) is 10.4. The first-order chi connectivity index (χ1) is 17.8. The van der Waals surface area contributed by atoms with E-state index < -0.39 is 0 Å². The summed E-state index contributed by atoms with van der Waals surface area (Å²) < 4.78 is 21.1. The Labute approximate surface area is 217 Å². The first kappa shape index (κ1) is 25.4. The molecule has 1 aromatic carbocycles. The molecule has 4 heterocycles. The van der Waals surface area contributed by atoms with Gasteiger partial charge >= 0.3 is 6.09 Å². The molecule has 0 aliphatic carbocycles. The van der Waals surface area contributed by atoms with E-state index in [1.165, 1.54) is 6.07 Å². The molecule has 0 spiro atoms. The van der Waals surface area contributed by atoms with Crippen LogP contribution in [0.2, 0.25) is 0 Å². The van der Waals surface area contributed by atoms with Gasteiger partial charge in [0.1, 0.15) is 17.6 Å². The smallest absolute Gasteiger partial charge is 0.410 e. The molecule has 3 saturated heterocycles. The fourth-order valence-corrected chi connectivity index (χ4v) is 5.88. The van der Waals surface area contributed by atoms with E-state index in [0.29, 0.717) is 49.4 Å². The summed E-state index contributed by atoms with van der Waals surface area (Å²) in [5.41, 5.74) is 2.25. The molecule has 3 aliphatic heterocycles. The van der Waals surface area contributed by atoms with Crippen LogP contribution in [0, 0.1) is 5.82 Å². The fourth-order valence-electron chi connectivity index (χ4n) is 5.88. The number of aromatic nitrogens is 1. The number of aliphatic hydroxyl groups is 1. The van der Waals surface area contributed by atoms with Crippen molar-refractivity contribution in [2.45, 2.75) is 69.7 Å². The summed E-state index contributed by atoms with van der Waals surface area (Å²) >= 11 is 0. The molecule has 9 heteroatoms. The standard InChI is InChI=1S/C28H35FN4O4/c1-3-31(2)27(35)25-10-6-19(16-30-25)18-7-11-26(24(29)13-18)32-12-4-5-23(17-32)37-28(36)33-20-8-9-21(33)15-22(34)14-20/h6-7,10-11,13,16,20-23,34H,3-5,8-9,12,14-15,17H2,1-2H3. The lowest BCUT2D eigenvalue weighted by atomic mass is 10.0. The number of carbonyl (C=O) groups excluding carboxylic acids is 2. The number of hydrogen-bond donors (Lipinski definition) is 1. The molecule has 5 rings (SSSR count). The van der Waals surface area contributed by atoms with Crippen molar-refractivity contribution in [3.8, 4) is 11.1 Å². The zero-order chi connectivity index (χ0) is 26.1. The predicted molar refractivity (Wildman–Crippen MR) is 138 cm³/mol. The van der Waals surface area contributed by atoms with Gasteiger partial charge < -0.3 is 24.5 Å². The lowest BCUT2D eigenvalue weighted by molar-refractivity contribution is 0.00639. The van der Waals surface area contributed by atoms with Crippen LogP contribution < -0.4 is 4.90 Å². The van der Waals surface area contributed by atoms with Crippen LogP contribution in [0.3, 0.4) is 0 Å². The number of piperidine rings is 2. The lowest BCUT2D eigenvalue weighted by Gasteiger charge is -2.39. The molecule has 37 heavy (non-hydrogen) atoms. The minimum atomic E-state index is -0.349. The number of benzene rings is 1. The Morgan fingerprint density at radius 1 is 1.14 bits per heavy atom. The Morgan fingerprint density at radius 3 is 2.51 bits per heavy atom. The summed E-state index contributed by atoms with van der Waals surface area (Å²) in [5.74, 6) is -0.500. The van der Waals surface area contributed by atoms with Crippen LogP contribution >= 0.6 is 0 Å². The van der Waals surface area contributed by atoms with E-state index in [0.717, 1.165) is 31.2 Å².